The summed E-state index contributed by atoms with van der Waals surface area (Å²) in [6, 6.07) is 17.9. The van der Waals surface area contributed by atoms with Gasteiger partial charge in [-0.1, -0.05) is 48.9 Å². The molecule has 1 amide bonds. The largest absolute Gasteiger partial charge is 0.483 e. The normalized spacial score (nSPS) is 26.1. The molecule has 2 saturated heterocycles. The van der Waals surface area contributed by atoms with Gasteiger partial charge >= 0.3 is 0 Å². The van der Waals surface area contributed by atoms with Crippen molar-refractivity contribution in [1.82, 2.24) is 15.1 Å². The molecule has 2 heterocycles. The number of piperidine rings is 2. The van der Waals surface area contributed by atoms with Crippen molar-refractivity contribution in [3.8, 4) is 0 Å². The summed E-state index contributed by atoms with van der Waals surface area (Å²) in [4.78, 5) is 26.5. The number of carbonyl (C=O) groups excluding carboxylic acids is 1. The van der Waals surface area contributed by atoms with E-state index in [0.29, 0.717) is 24.9 Å². The Labute approximate surface area is 219 Å². The van der Waals surface area contributed by atoms with Gasteiger partial charge in [-0.2, -0.15) is 0 Å². The number of hydrogen-bond acceptors (Lipinski definition) is 4. The lowest BCUT2D eigenvalue weighted by Crippen LogP contribution is -2.59. The predicted octanol–water partition coefficient (Wildman–Crippen LogP) is 4.66. The van der Waals surface area contributed by atoms with Crippen LogP contribution < -0.4 is 5.32 Å². The average molecular weight is 510 g/mol. The van der Waals surface area contributed by atoms with Crippen molar-refractivity contribution in [2.45, 2.75) is 69.5 Å². The smallest absolute Gasteiger partial charge is 0.290 e. The number of likely N-dealkylation sites (tertiary alicyclic amines) is 2. The quantitative estimate of drug-likeness (QED) is 0.532. The van der Waals surface area contributed by atoms with Gasteiger partial charge in [0.1, 0.15) is 5.82 Å². The van der Waals surface area contributed by atoms with Crippen molar-refractivity contribution in [3.63, 3.8) is 0 Å². The number of amides is 1. The molecule has 3 aliphatic rings. The first kappa shape index (κ1) is 27.3. The summed E-state index contributed by atoms with van der Waals surface area (Å²) in [5, 5.41) is 10.8. The molecule has 37 heavy (non-hydrogen) atoms. The van der Waals surface area contributed by atoms with Crippen LogP contribution in [-0.2, 0) is 16.1 Å². The lowest BCUT2D eigenvalue weighted by atomic mass is 9.66. The van der Waals surface area contributed by atoms with E-state index < -0.39 is 0 Å². The molecule has 0 aromatic heterocycles. The maximum atomic E-state index is 13.5. The van der Waals surface area contributed by atoms with Gasteiger partial charge in [-0.15, -0.1) is 0 Å². The van der Waals surface area contributed by atoms with Crippen LogP contribution in [0, 0.1) is 11.7 Å². The van der Waals surface area contributed by atoms with Crippen molar-refractivity contribution >= 4 is 12.4 Å². The van der Waals surface area contributed by atoms with Crippen LogP contribution in [0.5, 0.6) is 0 Å². The second-order valence-electron chi connectivity index (χ2n) is 10.5. The number of fused-ring (bicyclic) bond motifs is 1. The summed E-state index contributed by atoms with van der Waals surface area (Å²) in [5.41, 5.74) is 2.30. The molecule has 5 rings (SSSR count). The number of rotatable bonds is 7. The fourth-order valence-electron chi connectivity index (χ4n) is 6.60. The molecule has 2 N–H and O–H groups in total. The molecule has 1 saturated carbocycles. The number of halogens is 1. The number of nitrogens with zero attached hydrogens (tertiary/aromatic N) is 2. The first-order valence-corrected chi connectivity index (χ1v) is 13.7. The summed E-state index contributed by atoms with van der Waals surface area (Å²) in [6.07, 6.45) is 7.92. The zero-order valence-corrected chi connectivity index (χ0v) is 21.6. The molecular formula is C30H40FN3O3. The number of nitrogens with one attached hydrogen (secondary N) is 1. The van der Waals surface area contributed by atoms with Crippen LogP contribution in [0.4, 0.5) is 4.39 Å². The van der Waals surface area contributed by atoms with Crippen LogP contribution in [-0.4, -0.2) is 65.5 Å². The minimum Gasteiger partial charge on any atom is -0.483 e. The summed E-state index contributed by atoms with van der Waals surface area (Å²) in [6.45, 7) is 4.90. The van der Waals surface area contributed by atoms with E-state index in [9.17, 15) is 9.18 Å². The second kappa shape index (κ2) is 13.7. The van der Waals surface area contributed by atoms with Crippen LogP contribution in [0.1, 0.15) is 62.0 Å². The van der Waals surface area contributed by atoms with Gasteiger partial charge in [-0.3, -0.25) is 9.59 Å². The van der Waals surface area contributed by atoms with Crippen molar-refractivity contribution in [2.24, 2.45) is 5.92 Å². The predicted molar refractivity (Wildman–Crippen MR) is 143 cm³/mol. The van der Waals surface area contributed by atoms with Crippen molar-refractivity contribution in [2.75, 3.05) is 26.2 Å². The number of benzene rings is 2. The van der Waals surface area contributed by atoms with Crippen LogP contribution in [0.3, 0.4) is 0 Å². The lowest BCUT2D eigenvalue weighted by molar-refractivity contribution is -0.143. The van der Waals surface area contributed by atoms with Gasteiger partial charge in [-0.05, 0) is 74.4 Å². The molecule has 4 atom stereocenters. The first-order valence-electron chi connectivity index (χ1n) is 13.7. The maximum absolute atomic E-state index is 13.5. The Morgan fingerprint density at radius 3 is 2.38 bits per heavy atom. The van der Waals surface area contributed by atoms with E-state index in [1.807, 2.05) is 12.1 Å². The lowest BCUT2D eigenvalue weighted by Gasteiger charge is -2.51. The molecule has 3 fully saturated rings. The summed E-state index contributed by atoms with van der Waals surface area (Å²) >= 11 is 0. The summed E-state index contributed by atoms with van der Waals surface area (Å²) < 4.78 is 13.5. The van der Waals surface area contributed by atoms with Gasteiger partial charge in [0.2, 0.25) is 5.91 Å². The third kappa shape index (κ3) is 7.17. The Bertz CT molecular complexity index is 981. The fourth-order valence-corrected chi connectivity index (χ4v) is 6.60. The molecule has 2 aliphatic heterocycles. The van der Waals surface area contributed by atoms with Gasteiger partial charge in [0.15, 0.2) is 0 Å². The molecular weight excluding hydrogens is 469 g/mol. The van der Waals surface area contributed by atoms with Crippen molar-refractivity contribution in [1.29, 1.82) is 0 Å². The highest BCUT2D eigenvalue weighted by Crippen LogP contribution is 2.45. The molecule has 200 valence electrons. The Kier molecular flexibility index (Phi) is 10.1. The molecule has 7 heteroatoms. The van der Waals surface area contributed by atoms with Gasteiger partial charge < -0.3 is 20.2 Å². The van der Waals surface area contributed by atoms with E-state index in [1.54, 1.807) is 0 Å². The summed E-state index contributed by atoms with van der Waals surface area (Å²) in [7, 11) is 0. The van der Waals surface area contributed by atoms with Gasteiger partial charge in [0.25, 0.3) is 6.47 Å². The highest BCUT2D eigenvalue weighted by molar-refractivity contribution is 5.79. The molecule has 2 aromatic rings. The van der Waals surface area contributed by atoms with E-state index in [4.69, 9.17) is 9.90 Å². The van der Waals surface area contributed by atoms with Crippen LogP contribution in [0.15, 0.2) is 54.6 Å². The van der Waals surface area contributed by atoms with Gasteiger partial charge in [0, 0.05) is 44.1 Å². The molecule has 6 nitrogen and oxygen atoms in total. The first-order chi connectivity index (χ1) is 18.1. The van der Waals surface area contributed by atoms with Gasteiger partial charge in [-0.25, -0.2) is 4.39 Å². The molecule has 1 aliphatic carbocycles. The number of hydrogen-bond donors (Lipinski definition) is 2. The average Bonchev–Trinajstić information content (AvgIpc) is 2.93. The third-order valence-electron chi connectivity index (χ3n) is 8.28. The molecule has 0 bridgehead atoms. The molecule has 0 spiro atoms. The second-order valence-corrected chi connectivity index (χ2v) is 10.5. The Hall–Kier alpha value is -2.77. The Morgan fingerprint density at radius 1 is 0.973 bits per heavy atom. The Morgan fingerprint density at radius 2 is 1.68 bits per heavy atom. The number of carboxylic acid groups (broad SMARTS) is 1. The maximum Gasteiger partial charge on any atom is 0.290 e. The van der Waals surface area contributed by atoms with Crippen LogP contribution in [0.2, 0.25) is 0 Å². The minimum absolute atomic E-state index is 0.220. The topological polar surface area (TPSA) is 72.9 Å². The third-order valence-corrected chi connectivity index (χ3v) is 8.28. The number of carbonyl (C=O) groups is 2. The Balaban J connectivity index is 0.00000102. The molecule has 0 radical (unpaired) electrons. The van der Waals surface area contributed by atoms with E-state index in [-0.39, 0.29) is 30.2 Å². The zero-order valence-electron chi connectivity index (χ0n) is 21.6. The SMILES string of the molecule is O=C1C[C@H](c2ccccc2)[C@H]2[C@@H](NCCN3CCCCC3)CCC[C@H]2N1Cc1ccc(F)cc1.O=CO. The minimum atomic E-state index is -0.250. The van der Waals surface area contributed by atoms with Crippen molar-refractivity contribution < 1.29 is 19.1 Å². The van der Waals surface area contributed by atoms with E-state index in [0.717, 1.165) is 31.5 Å². The molecule has 0 unspecified atom stereocenters. The standard InChI is InChI=1S/C29H38FN3O.CH2O2/c30-24-14-12-22(13-15-24)21-33-27-11-7-10-26(31-16-19-32-17-5-2-6-18-32)29(27)25(20-28(33)34)23-8-3-1-4-9-23;2-1-3/h1,3-4,8-9,12-15,25-27,29,31H,2,5-7,10-11,16-21H2;1H,(H,2,3)/t25-,26+,27-,29+;/m1./s1. The van der Waals surface area contributed by atoms with E-state index >= 15 is 0 Å². The van der Waals surface area contributed by atoms with E-state index in [2.05, 4.69) is 45.4 Å². The van der Waals surface area contributed by atoms with Crippen molar-refractivity contribution in [3.05, 3.63) is 71.5 Å². The zero-order chi connectivity index (χ0) is 26.0. The fraction of sp³-hybridized carbons (Fsp3) is 0.533. The monoisotopic (exact) mass is 509 g/mol. The molecule has 2 aromatic carbocycles. The summed E-state index contributed by atoms with van der Waals surface area (Å²) in [5.74, 6) is 0.645. The van der Waals surface area contributed by atoms with Gasteiger partial charge in [0.05, 0.1) is 0 Å². The van der Waals surface area contributed by atoms with Crippen LogP contribution >= 0.6 is 0 Å². The highest BCUT2D eigenvalue weighted by atomic mass is 19.1. The van der Waals surface area contributed by atoms with Crippen LogP contribution in [0.25, 0.3) is 0 Å². The van der Waals surface area contributed by atoms with E-state index in [1.165, 1.54) is 56.5 Å². The highest BCUT2D eigenvalue weighted by Gasteiger charge is 2.47.